The summed E-state index contributed by atoms with van der Waals surface area (Å²) in [4.78, 5) is 15.7. The zero-order valence-electron chi connectivity index (χ0n) is 12.6. The minimum absolute atomic E-state index is 0.0326. The number of ketones is 1. The quantitative estimate of drug-likeness (QED) is 0.515. The minimum atomic E-state index is -0.716. The van der Waals surface area contributed by atoms with Gasteiger partial charge in [0.1, 0.15) is 5.82 Å². The highest BCUT2D eigenvalue weighted by Gasteiger charge is 2.17. The van der Waals surface area contributed by atoms with Gasteiger partial charge in [0, 0.05) is 13.1 Å². The van der Waals surface area contributed by atoms with Crippen LogP contribution < -0.4 is 5.32 Å². The van der Waals surface area contributed by atoms with Crippen LogP contribution in [0.5, 0.6) is 0 Å². The molecular formula is C16H11Cl2F2N3O. The molecule has 0 aliphatic heterocycles. The number of hydrogen-bond donors (Lipinski definition) is 1. The molecule has 1 aromatic heterocycles. The molecule has 8 heteroatoms. The summed E-state index contributed by atoms with van der Waals surface area (Å²) in [5, 5.41) is 2.79. The zero-order chi connectivity index (χ0) is 17.6. The van der Waals surface area contributed by atoms with Gasteiger partial charge in [-0.1, -0.05) is 23.2 Å². The van der Waals surface area contributed by atoms with Crippen molar-refractivity contribution in [2.75, 3.05) is 5.32 Å². The Kier molecular flexibility index (Phi) is 4.19. The number of aryl methyl sites for hydroxylation is 1. The molecule has 124 valence electrons. The van der Waals surface area contributed by atoms with E-state index in [2.05, 4.69) is 10.3 Å². The summed E-state index contributed by atoms with van der Waals surface area (Å²) in [5.41, 5.74) is 0.748. The first-order chi connectivity index (χ1) is 11.3. The van der Waals surface area contributed by atoms with E-state index in [9.17, 15) is 13.6 Å². The molecule has 0 unspecified atom stereocenters. The van der Waals surface area contributed by atoms with Crippen LogP contribution in [0.1, 0.15) is 17.3 Å². The Morgan fingerprint density at radius 2 is 1.88 bits per heavy atom. The number of benzene rings is 2. The molecule has 0 bridgehead atoms. The molecule has 2 aromatic carbocycles. The van der Waals surface area contributed by atoms with E-state index in [4.69, 9.17) is 23.2 Å². The molecule has 3 rings (SSSR count). The molecule has 1 heterocycles. The number of halogens is 4. The Morgan fingerprint density at radius 3 is 2.54 bits per heavy atom. The van der Waals surface area contributed by atoms with Gasteiger partial charge in [-0.2, -0.15) is 0 Å². The first-order valence-corrected chi connectivity index (χ1v) is 7.62. The van der Waals surface area contributed by atoms with E-state index in [1.165, 1.54) is 35.8 Å². The number of rotatable bonds is 3. The van der Waals surface area contributed by atoms with Gasteiger partial charge < -0.3 is 9.88 Å². The highest BCUT2D eigenvalue weighted by molar-refractivity contribution is 6.35. The van der Waals surface area contributed by atoms with Crippen molar-refractivity contribution in [3.63, 3.8) is 0 Å². The molecule has 24 heavy (non-hydrogen) atoms. The van der Waals surface area contributed by atoms with Crippen LogP contribution in [-0.4, -0.2) is 15.3 Å². The third-order valence-electron chi connectivity index (χ3n) is 3.63. The number of imidazole rings is 1. The van der Waals surface area contributed by atoms with Crippen LogP contribution >= 0.6 is 23.2 Å². The van der Waals surface area contributed by atoms with E-state index in [-0.39, 0.29) is 27.2 Å². The van der Waals surface area contributed by atoms with Crippen molar-refractivity contribution in [2.24, 2.45) is 7.05 Å². The van der Waals surface area contributed by atoms with Crippen LogP contribution in [0.25, 0.3) is 11.0 Å². The van der Waals surface area contributed by atoms with Gasteiger partial charge >= 0.3 is 0 Å². The number of anilines is 2. The van der Waals surface area contributed by atoms with Crippen LogP contribution in [0, 0.1) is 11.6 Å². The van der Waals surface area contributed by atoms with Crippen LogP contribution in [0.15, 0.2) is 24.3 Å². The maximum atomic E-state index is 14.1. The second kappa shape index (κ2) is 6.03. The van der Waals surface area contributed by atoms with Gasteiger partial charge in [-0.05, 0) is 25.1 Å². The lowest BCUT2D eigenvalue weighted by Gasteiger charge is -2.10. The van der Waals surface area contributed by atoms with Gasteiger partial charge in [-0.25, -0.2) is 13.8 Å². The summed E-state index contributed by atoms with van der Waals surface area (Å²) >= 11 is 11.8. The van der Waals surface area contributed by atoms with Gasteiger partial charge in [0.05, 0.1) is 32.3 Å². The Labute approximate surface area is 146 Å². The third kappa shape index (κ3) is 2.72. The SMILES string of the molecule is CC(=O)c1cc2nc(Nc3c(Cl)ccc(Cl)c3F)n(C)c2cc1F. The van der Waals surface area contributed by atoms with E-state index in [0.29, 0.717) is 11.0 Å². The lowest BCUT2D eigenvalue weighted by molar-refractivity contribution is 0.101. The summed E-state index contributed by atoms with van der Waals surface area (Å²) < 4.78 is 29.7. The van der Waals surface area contributed by atoms with Crippen molar-refractivity contribution < 1.29 is 13.6 Å². The first-order valence-electron chi connectivity index (χ1n) is 6.87. The normalized spacial score (nSPS) is 11.1. The van der Waals surface area contributed by atoms with Crippen LogP contribution in [-0.2, 0) is 7.05 Å². The first kappa shape index (κ1) is 16.7. The topological polar surface area (TPSA) is 46.9 Å². The largest absolute Gasteiger partial charge is 0.322 e. The summed E-state index contributed by atoms with van der Waals surface area (Å²) in [6.07, 6.45) is 0. The van der Waals surface area contributed by atoms with Gasteiger partial charge in [0.15, 0.2) is 11.6 Å². The molecule has 0 saturated carbocycles. The molecule has 0 fully saturated rings. The molecule has 0 spiro atoms. The second-order valence-corrected chi connectivity index (χ2v) is 6.03. The number of nitrogens with one attached hydrogen (secondary N) is 1. The lowest BCUT2D eigenvalue weighted by Crippen LogP contribution is -2.02. The molecule has 3 aromatic rings. The second-order valence-electron chi connectivity index (χ2n) is 5.21. The van der Waals surface area contributed by atoms with Gasteiger partial charge in [0.25, 0.3) is 0 Å². The highest BCUT2D eigenvalue weighted by atomic mass is 35.5. The average Bonchev–Trinajstić information content (AvgIpc) is 2.82. The van der Waals surface area contributed by atoms with Gasteiger partial charge in [-0.3, -0.25) is 4.79 Å². The molecule has 0 saturated heterocycles. The maximum absolute atomic E-state index is 14.1. The smallest absolute Gasteiger partial charge is 0.208 e. The Bertz CT molecular complexity index is 985. The summed E-state index contributed by atoms with van der Waals surface area (Å²) in [6, 6.07) is 5.35. The predicted molar refractivity (Wildman–Crippen MR) is 90.4 cm³/mol. The van der Waals surface area contributed by atoms with Crippen LogP contribution in [0.2, 0.25) is 10.0 Å². The molecule has 0 amide bonds. The van der Waals surface area contributed by atoms with E-state index >= 15 is 0 Å². The molecular weight excluding hydrogens is 359 g/mol. The summed E-state index contributed by atoms with van der Waals surface area (Å²) in [5.74, 6) is -1.53. The summed E-state index contributed by atoms with van der Waals surface area (Å²) in [6.45, 7) is 1.27. The van der Waals surface area contributed by atoms with Crippen LogP contribution in [0.3, 0.4) is 0 Å². The molecule has 0 aliphatic rings. The van der Waals surface area contributed by atoms with Gasteiger partial charge in [-0.15, -0.1) is 0 Å². The van der Waals surface area contributed by atoms with Crippen molar-refractivity contribution in [1.82, 2.24) is 9.55 Å². The maximum Gasteiger partial charge on any atom is 0.208 e. The number of aromatic nitrogens is 2. The zero-order valence-corrected chi connectivity index (χ0v) is 14.1. The Hall–Kier alpha value is -2.18. The Balaban J connectivity index is 2.13. The van der Waals surface area contributed by atoms with E-state index in [0.717, 1.165) is 0 Å². The predicted octanol–water partition coefficient (Wildman–Crippen LogP) is 5.10. The van der Waals surface area contributed by atoms with Crippen molar-refractivity contribution in [3.8, 4) is 0 Å². The third-order valence-corrected chi connectivity index (χ3v) is 4.24. The fraction of sp³-hybridized carbons (Fsp3) is 0.125. The van der Waals surface area contributed by atoms with E-state index in [1.807, 2.05) is 0 Å². The molecule has 0 radical (unpaired) electrons. The van der Waals surface area contributed by atoms with Gasteiger partial charge in [0.2, 0.25) is 5.95 Å². The number of nitrogens with zero attached hydrogens (tertiary/aromatic N) is 2. The number of Topliss-reactive ketones (excluding diaryl/α,β-unsaturated/α-hetero) is 1. The lowest BCUT2D eigenvalue weighted by atomic mass is 10.1. The van der Waals surface area contributed by atoms with Crippen LogP contribution in [0.4, 0.5) is 20.4 Å². The molecule has 1 N–H and O–H groups in total. The molecule has 0 aliphatic carbocycles. The number of fused-ring (bicyclic) bond motifs is 1. The van der Waals surface area contributed by atoms with Crippen molar-refractivity contribution >= 4 is 51.7 Å². The fourth-order valence-electron chi connectivity index (χ4n) is 2.35. The Morgan fingerprint density at radius 1 is 1.21 bits per heavy atom. The monoisotopic (exact) mass is 369 g/mol. The average molecular weight is 370 g/mol. The minimum Gasteiger partial charge on any atom is -0.322 e. The van der Waals surface area contributed by atoms with Crippen molar-refractivity contribution in [1.29, 1.82) is 0 Å². The van der Waals surface area contributed by atoms with Crippen molar-refractivity contribution in [2.45, 2.75) is 6.92 Å². The fourth-order valence-corrected chi connectivity index (χ4v) is 2.70. The number of carbonyl (C=O) groups is 1. The van der Waals surface area contributed by atoms with E-state index < -0.39 is 17.4 Å². The number of carbonyl (C=O) groups excluding carboxylic acids is 1. The standard InChI is InChI=1S/C16H11Cl2F2N3O/c1-7(24)8-5-12-13(6-11(8)19)23(2)16(21-12)22-15-10(18)4-3-9(17)14(15)20/h3-6H,1-2H3,(H,21,22). The van der Waals surface area contributed by atoms with E-state index in [1.54, 1.807) is 7.05 Å². The molecule has 4 nitrogen and oxygen atoms in total. The van der Waals surface area contributed by atoms with Crippen molar-refractivity contribution in [3.05, 3.63) is 51.5 Å². The highest BCUT2D eigenvalue weighted by Crippen LogP contribution is 2.33. The molecule has 0 atom stereocenters. The summed E-state index contributed by atoms with van der Waals surface area (Å²) in [7, 11) is 1.63. The number of hydrogen-bond acceptors (Lipinski definition) is 3.